The molecule has 5 rings (SSSR count). The highest BCUT2D eigenvalue weighted by molar-refractivity contribution is 7.98. The Balaban J connectivity index is 1.53. The molecule has 1 N–H and O–H groups in total. The van der Waals surface area contributed by atoms with Crippen LogP contribution in [0.5, 0.6) is 5.88 Å². The first-order chi connectivity index (χ1) is 15.8. The molecule has 5 nitrogen and oxygen atoms in total. The molecule has 0 atom stereocenters. The van der Waals surface area contributed by atoms with Crippen LogP contribution in [0.3, 0.4) is 0 Å². The Bertz CT molecular complexity index is 1170. The summed E-state index contributed by atoms with van der Waals surface area (Å²) in [5.41, 5.74) is 3.21. The van der Waals surface area contributed by atoms with Gasteiger partial charge in [-0.05, 0) is 55.0 Å². The number of pyridine rings is 1. The van der Waals surface area contributed by atoms with E-state index in [1.54, 1.807) is 11.8 Å². The highest BCUT2D eigenvalue weighted by atomic mass is 32.2. The average molecular weight is 445 g/mol. The number of rotatable bonds is 7. The van der Waals surface area contributed by atoms with Gasteiger partial charge in [0.2, 0.25) is 5.88 Å². The van der Waals surface area contributed by atoms with Gasteiger partial charge in [0.15, 0.2) is 5.82 Å². The number of hydrogen-bond acceptors (Lipinski definition) is 5. The number of nitrogens with one attached hydrogen (secondary N) is 1. The van der Waals surface area contributed by atoms with Gasteiger partial charge in [-0.1, -0.05) is 49.6 Å². The number of benzene rings is 2. The highest BCUT2D eigenvalue weighted by Gasteiger charge is 2.23. The maximum atomic E-state index is 6.21. The van der Waals surface area contributed by atoms with Crippen LogP contribution in [0.15, 0.2) is 71.8 Å². The summed E-state index contributed by atoms with van der Waals surface area (Å²) in [4.78, 5) is 5.83. The molecule has 0 amide bonds. The Morgan fingerprint density at radius 2 is 1.78 bits per heavy atom. The third-order valence-corrected chi connectivity index (χ3v) is 6.82. The molecule has 0 aliphatic heterocycles. The quantitative estimate of drug-likeness (QED) is 0.312. The Morgan fingerprint density at radius 1 is 1.00 bits per heavy atom. The number of hydrogen-bond donors (Lipinski definition) is 1. The Kier molecular flexibility index (Phi) is 6.30. The summed E-state index contributed by atoms with van der Waals surface area (Å²) in [6.07, 6.45) is 10.1. The molecule has 1 aliphatic carbocycles. The van der Waals surface area contributed by atoms with Crippen LogP contribution in [0.4, 0.5) is 11.5 Å². The Labute approximate surface area is 193 Å². The van der Waals surface area contributed by atoms with E-state index in [4.69, 9.17) is 9.84 Å². The van der Waals surface area contributed by atoms with Gasteiger partial charge in [0.05, 0.1) is 11.6 Å². The molecule has 0 bridgehead atoms. The van der Waals surface area contributed by atoms with Crippen molar-refractivity contribution in [3.05, 3.63) is 72.4 Å². The molecule has 2 heterocycles. The van der Waals surface area contributed by atoms with E-state index in [0.717, 1.165) is 28.0 Å². The van der Waals surface area contributed by atoms with Gasteiger partial charge < -0.3 is 10.1 Å². The van der Waals surface area contributed by atoms with Crippen molar-refractivity contribution in [2.45, 2.75) is 49.6 Å². The minimum Gasteiger partial charge on any atom is -0.472 e. The number of thioether (sulfide) groups is 1. The van der Waals surface area contributed by atoms with Crippen molar-refractivity contribution in [1.29, 1.82) is 0 Å². The molecule has 6 heteroatoms. The van der Waals surface area contributed by atoms with Crippen molar-refractivity contribution < 1.29 is 4.74 Å². The molecule has 4 aromatic rings. The van der Waals surface area contributed by atoms with Gasteiger partial charge in [-0.3, -0.25) is 4.68 Å². The van der Waals surface area contributed by atoms with Gasteiger partial charge in [0.25, 0.3) is 0 Å². The molecule has 32 heavy (non-hydrogen) atoms. The van der Waals surface area contributed by atoms with E-state index in [-0.39, 0.29) is 0 Å². The zero-order chi connectivity index (χ0) is 21.8. The average Bonchev–Trinajstić information content (AvgIpc) is 3.23. The molecule has 0 radical (unpaired) electrons. The lowest BCUT2D eigenvalue weighted by atomic mass is 9.95. The van der Waals surface area contributed by atoms with Crippen molar-refractivity contribution in [2.75, 3.05) is 11.6 Å². The van der Waals surface area contributed by atoms with E-state index < -0.39 is 0 Å². The van der Waals surface area contributed by atoms with Crippen LogP contribution in [0.1, 0.15) is 43.7 Å². The normalized spacial score (nSPS) is 14.5. The summed E-state index contributed by atoms with van der Waals surface area (Å²) in [6, 6.07) is 21.1. The molecular weight excluding hydrogens is 416 g/mol. The maximum absolute atomic E-state index is 6.21. The summed E-state index contributed by atoms with van der Waals surface area (Å²) in [7, 11) is 0. The van der Waals surface area contributed by atoms with E-state index in [1.165, 1.54) is 37.0 Å². The number of anilines is 2. The first kappa shape index (κ1) is 20.9. The zero-order valence-corrected chi connectivity index (χ0v) is 19.1. The van der Waals surface area contributed by atoms with Crippen molar-refractivity contribution in [3.8, 4) is 5.88 Å². The zero-order valence-electron chi connectivity index (χ0n) is 18.3. The first-order valence-corrected chi connectivity index (χ1v) is 12.5. The monoisotopic (exact) mass is 444 g/mol. The lowest BCUT2D eigenvalue weighted by Gasteiger charge is -2.22. The van der Waals surface area contributed by atoms with Crippen molar-refractivity contribution in [2.24, 2.45) is 0 Å². The van der Waals surface area contributed by atoms with Crippen molar-refractivity contribution in [1.82, 2.24) is 14.8 Å². The number of aromatic nitrogens is 3. The lowest BCUT2D eigenvalue weighted by molar-refractivity contribution is 0.298. The van der Waals surface area contributed by atoms with Gasteiger partial charge in [-0.15, -0.1) is 11.8 Å². The molecule has 1 fully saturated rings. The molecule has 0 saturated heterocycles. The Morgan fingerprint density at radius 3 is 2.53 bits per heavy atom. The van der Waals surface area contributed by atoms with E-state index >= 15 is 0 Å². The van der Waals surface area contributed by atoms with Crippen LogP contribution in [0.25, 0.3) is 10.9 Å². The molecule has 1 saturated carbocycles. The summed E-state index contributed by atoms with van der Waals surface area (Å²) >= 11 is 1.74. The fourth-order valence-corrected chi connectivity index (χ4v) is 4.80. The maximum Gasteiger partial charge on any atom is 0.227 e. The molecule has 0 spiro atoms. The van der Waals surface area contributed by atoms with E-state index in [0.29, 0.717) is 18.5 Å². The molecule has 2 aromatic carbocycles. The highest BCUT2D eigenvalue weighted by Crippen LogP contribution is 2.37. The summed E-state index contributed by atoms with van der Waals surface area (Å²) in [5, 5.41) is 9.53. The topological polar surface area (TPSA) is 52.0 Å². The summed E-state index contributed by atoms with van der Waals surface area (Å²) in [6.45, 7) is 0.476. The first-order valence-electron chi connectivity index (χ1n) is 11.3. The molecular formula is C26H28N4OS. The standard InChI is InChI=1S/C26H28N4OS/c1-32-22-14-12-20(13-15-22)28-25-24-23(30(29-25)21-10-6-3-7-11-21)16-17-27-26(24)31-18-19-8-4-2-5-9-19/h2,4-5,8-9,12-17,21H,3,6-7,10-11,18H2,1H3,(H,28,29). The largest absolute Gasteiger partial charge is 0.472 e. The third kappa shape index (κ3) is 4.46. The van der Waals surface area contributed by atoms with Crippen LogP contribution in [0.2, 0.25) is 0 Å². The van der Waals surface area contributed by atoms with Crippen LogP contribution in [-0.2, 0) is 6.61 Å². The van der Waals surface area contributed by atoms with Gasteiger partial charge in [-0.2, -0.15) is 5.10 Å². The van der Waals surface area contributed by atoms with Crippen molar-refractivity contribution >= 4 is 34.2 Å². The van der Waals surface area contributed by atoms with Crippen LogP contribution in [-0.4, -0.2) is 21.0 Å². The van der Waals surface area contributed by atoms with Gasteiger partial charge in [-0.25, -0.2) is 4.98 Å². The SMILES string of the molecule is CSc1ccc(Nc2nn(C3CCCCC3)c3ccnc(OCc4ccccc4)c23)cc1. The van der Waals surface area contributed by atoms with E-state index in [1.807, 2.05) is 24.4 Å². The second kappa shape index (κ2) is 9.65. The van der Waals surface area contributed by atoms with Crippen LogP contribution >= 0.6 is 11.8 Å². The number of nitrogens with zero attached hydrogens (tertiary/aromatic N) is 3. The molecule has 2 aromatic heterocycles. The Hall–Kier alpha value is -2.99. The smallest absolute Gasteiger partial charge is 0.227 e. The fourth-order valence-electron chi connectivity index (χ4n) is 4.40. The van der Waals surface area contributed by atoms with E-state index in [2.05, 4.69) is 63.7 Å². The summed E-state index contributed by atoms with van der Waals surface area (Å²) < 4.78 is 8.41. The van der Waals surface area contributed by atoms with Crippen LogP contribution in [0, 0.1) is 0 Å². The third-order valence-electron chi connectivity index (χ3n) is 6.08. The van der Waals surface area contributed by atoms with Gasteiger partial charge in [0.1, 0.15) is 12.0 Å². The minimum atomic E-state index is 0.421. The lowest BCUT2D eigenvalue weighted by Crippen LogP contribution is -2.14. The molecule has 0 unspecified atom stereocenters. The minimum absolute atomic E-state index is 0.421. The number of fused-ring (bicyclic) bond motifs is 1. The molecule has 164 valence electrons. The fraction of sp³-hybridized carbons (Fsp3) is 0.308. The van der Waals surface area contributed by atoms with Crippen LogP contribution < -0.4 is 10.1 Å². The van der Waals surface area contributed by atoms with E-state index in [9.17, 15) is 0 Å². The summed E-state index contributed by atoms with van der Waals surface area (Å²) in [5.74, 6) is 1.43. The van der Waals surface area contributed by atoms with Gasteiger partial charge >= 0.3 is 0 Å². The van der Waals surface area contributed by atoms with Gasteiger partial charge in [0, 0.05) is 16.8 Å². The number of ether oxygens (including phenoxy) is 1. The second-order valence-corrected chi connectivity index (χ2v) is 9.10. The second-order valence-electron chi connectivity index (χ2n) is 8.22. The van der Waals surface area contributed by atoms with Crippen molar-refractivity contribution in [3.63, 3.8) is 0 Å². The molecule has 1 aliphatic rings. The predicted octanol–water partition coefficient (Wildman–Crippen LogP) is 6.98. The predicted molar refractivity (Wildman–Crippen MR) is 132 cm³/mol.